The molecule has 0 aliphatic rings. The van der Waals surface area contributed by atoms with E-state index in [9.17, 15) is 4.79 Å². The summed E-state index contributed by atoms with van der Waals surface area (Å²) in [6, 6.07) is 14.1. The summed E-state index contributed by atoms with van der Waals surface area (Å²) in [4.78, 5) is 12.3. The molecule has 108 valence electrons. The zero-order valence-electron chi connectivity index (χ0n) is 12.2. The average molecular weight is 291 g/mol. The summed E-state index contributed by atoms with van der Waals surface area (Å²) in [5.41, 5.74) is 3.03. The fraction of sp³-hybridized carbons (Fsp3) is 0.111. The van der Waals surface area contributed by atoms with Crippen molar-refractivity contribution in [1.82, 2.24) is 0 Å². The molecule has 2 aromatic carbocycles. The standard InChI is InChI=1S/C18H13NO3/c1-11-3-8-16-15(9-11)12(2)17(22-16)18(20)21-14-6-4-13(10-19)5-7-14/h3-9H,1-2H3. The normalized spacial score (nSPS) is 10.4. The quantitative estimate of drug-likeness (QED) is 0.526. The summed E-state index contributed by atoms with van der Waals surface area (Å²) < 4.78 is 10.9. The van der Waals surface area contributed by atoms with Crippen molar-refractivity contribution in [2.75, 3.05) is 0 Å². The molecule has 0 radical (unpaired) electrons. The van der Waals surface area contributed by atoms with Crippen LogP contribution in [0.4, 0.5) is 0 Å². The Balaban J connectivity index is 1.91. The van der Waals surface area contributed by atoms with Crippen LogP contribution >= 0.6 is 0 Å². The second-order valence-corrected chi connectivity index (χ2v) is 5.08. The molecule has 4 heteroatoms. The lowest BCUT2D eigenvalue weighted by molar-refractivity contribution is 0.0703. The second kappa shape index (κ2) is 5.38. The number of rotatable bonds is 2. The van der Waals surface area contributed by atoms with E-state index < -0.39 is 5.97 Å². The van der Waals surface area contributed by atoms with E-state index in [1.165, 1.54) is 0 Å². The Hall–Kier alpha value is -3.06. The Morgan fingerprint density at radius 3 is 2.55 bits per heavy atom. The van der Waals surface area contributed by atoms with Crippen LogP contribution in [0, 0.1) is 25.2 Å². The van der Waals surface area contributed by atoms with Crippen LogP contribution < -0.4 is 4.74 Å². The van der Waals surface area contributed by atoms with Crippen LogP contribution in [0.25, 0.3) is 11.0 Å². The third-order valence-electron chi connectivity index (χ3n) is 3.47. The summed E-state index contributed by atoms with van der Waals surface area (Å²) >= 11 is 0. The number of benzene rings is 2. The molecule has 0 saturated heterocycles. The molecule has 0 aliphatic carbocycles. The van der Waals surface area contributed by atoms with Gasteiger partial charge in [0, 0.05) is 10.9 Å². The minimum absolute atomic E-state index is 0.199. The molecule has 0 N–H and O–H groups in total. The van der Waals surface area contributed by atoms with Gasteiger partial charge in [0.05, 0.1) is 11.6 Å². The van der Waals surface area contributed by atoms with Crippen LogP contribution in [0.2, 0.25) is 0 Å². The van der Waals surface area contributed by atoms with Crippen molar-refractivity contribution < 1.29 is 13.9 Å². The number of carbonyl (C=O) groups excluding carboxylic acids is 1. The third kappa shape index (κ3) is 2.45. The lowest BCUT2D eigenvalue weighted by Gasteiger charge is -2.02. The van der Waals surface area contributed by atoms with Gasteiger partial charge in [-0.15, -0.1) is 0 Å². The van der Waals surface area contributed by atoms with Crippen molar-refractivity contribution >= 4 is 16.9 Å². The largest absolute Gasteiger partial charge is 0.449 e. The van der Waals surface area contributed by atoms with E-state index in [1.807, 2.05) is 38.1 Å². The Morgan fingerprint density at radius 2 is 1.86 bits per heavy atom. The Kier molecular flexibility index (Phi) is 3.40. The van der Waals surface area contributed by atoms with Gasteiger partial charge < -0.3 is 9.15 Å². The number of esters is 1. The minimum atomic E-state index is -0.545. The molecule has 0 bridgehead atoms. The monoisotopic (exact) mass is 291 g/mol. The first-order chi connectivity index (χ1) is 10.6. The molecule has 0 aliphatic heterocycles. The average Bonchev–Trinajstić information content (AvgIpc) is 2.85. The highest BCUT2D eigenvalue weighted by atomic mass is 16.5. The van der Waals surface area contributed by atoms with Crippen LogP contribution in [0.15, 0.2) is 46.9 Å². The van der Waals surface area contributed by atoms with Crippen molar-refractivity contribution in [3.05, 3.63) is 64.9 Å². The fourth-order valence-electron chi connectivity index (χ4n) is 2.28. The van der Waals surface area contributed by atoms with E-state index in [0.717, 1.165) is 16.5 Å². The molecule has 1 aromatic heterocycles. The second-order valence-electron chi connectivity index (χ2n) is 5.08. The molecule has 3 aromatic rings. The molecule has 0 spiro atoms. The highest BCUT2D eigenvalue weighted by Crippen LogP contribution is 2.27. The third-order valence-corrected chi connectivity index (χ3v) is 3.47. The van der Waals surface area contributed by atoms with Crippen molar-refractivity contribution in [2.45, 2.75) is 13.8 Å². The fourth-order valence-corrected chi connectivity index (χ4v) is 2.28. The van der Waals surface area contributed by atoms with Crippen LogP contribution in [0.3, 0.4) is 0 Å². The van der Waals surface area contributed by atoms with Crippen molar-refractivity contribution in [3.8, 4) is 11.8 Å². The number of hydrogen-bond donors (Lipinski definition) is 0. The lowest BCUT2D eigenvalue weighted by Crippen LogP contribution is -2.08. The minimum Gasteiger partial charge on any atom is -0.449 e. The van der Waals surface area contributed by atoms with Crippen LogP contribution in [0.5, 0.6) is 5.75 Å². The molecule has 22 heavy (non-hydrogen) atoms. The number of nitriles is 1. The highest BCUT2D eigenvalue weighted by Gasteiger charge is 2.19. The maximum atomic E-state index is 12.3. The molecule has 0 saturated carbocycles. The molecule has 1 heterocycles. The van der Waals surface area contributed by atoms with Gasteiger partial charge in [0.15, 0.2) is 0 Å². The molecule has 4 nitrogen and oxygen atoms in total. The molecule has 0 fully saturated rings. The molecule has 0 amide bonds. The first-order valence-corrected chi connectivity index (χ1v) is 6.80. The van der Waals surface area contributed by atoms with Crippen LogP contribution in [-0.2, 0) is 0 Å². The SMILES string of the molecule is Cc1ccc2oc(C(=O)Oc3ccc(C#N)cc3)c(C)c2c1. The zero-order chi connectivity index (χ0) is 15.7. The molecular weight excluding hydrogens is 278 g/mol. The van der Waals surface area contributed by atoms with Crippen molar-refractivity contribution in [3.63, 3.8) is 0 Å². The Labute approximate surface area is 127 Å². The van der Waals surface area contributed by atoms with E-state index in [-0.39, 0.29) is 5.76 Å². The van der Waals surface area contributed by atoms with Gasteiger partial charge in [-0.3, -0.25) is 0 Å². The van der Waals surface area contributed by atoms with E-state index in [4.69, 9.17) is 14.4 Å². The predicted molar refractivity (Wildman–Crippen MR) is 81.8 cm³/mol. The number of hydrogen-bond acceptors (Lipinski definition) is 4. The predicted octanol–water partition coefficient (Wildman–Crippen LogP) is 4.14. The first-order valence-electron chi connectivity index (χ1n) is 6.80. The summed E-state index contributed by atoms with van der Waals surface area (Å²) in [6.07, 6.45) is 0. The van der Waals surface area contributed by atoms with Gasteiger partial charge in [0.25, 0.3) is 0 Å². The summed E-state index contributed by atoms with van der Waals surface area (Å²) in [5.74, 6) is 0.0288. The number of ether oxygens (including phenoxy) is 1. The Morgan fingerprint density at radius 1 is 1.14 bits per heavy atom. The van der Waals surface area contributed by atoms with Crippen molar-refractivity contribution in [1.29, 1.82) is 5.26 Å². The topological polar surface area (TPSA) is 63.2 Å². The Bertz CT molecular complexity index is 898. The maximum absolute atomic E-state index is 12.3. The highest BCUT2D eigenvalue weighted by molar-refractivity contribution is 5.97. The van der Waals surface area contributed by atoms with Gasteiger partial charge in [-0.25, -0.2) is 4.79 Å². The molecule has 0 unspecified atom stereocenters. The van der Waals surface area contributed by atoms with Gasteiger partial charge in [-0.2, -0.15) is 5.26 Å². The van der Waals surface area contributed by atoms with E-state index in [2.05, 4.69) is 0 Å². The molecule has 3 rings (SSSR count). The number of nitrogens with zero attached hydrogens (tertiary/aromatic N) is 1. The smallest absolute Gasteiger partial charge is 0.379 e. The molecular formula is C18H13NO3. The van der Waals surface area contributed by atoms with Gasteiger partial charge in [-0.05, 0) is 50.2 Å². The number of fused-ring (bicyclic) bond motifs is 1. The van der Waals surface area contributed by atoms with Gasteiger partial charge >= 0.3 is 5.97 Å². The lowest BCUT2D eigenvalue weighted by atomic mass is 10.1. The van der Waals surface area contributed by atoms with Gasteiger partial charge in [0.1, 0.15) is 11.3 Å². The summed E-state index contributed by atoms with van der Waals surface area (Å²) in [7, 11) is 0. The number of carbonyl (C=O) groups is 1. The van der Waals surface area contributed by atoms with Gasteiger partial charge in [-0.1, -0.05) is 11.6 Å². The molecule has 0 atom stereocenters. The van der Waals surface area contributed by atoms with Crippen LogP contribution in [-0.4, -0.2) is 5.97 Å². The number of aryl methyl sites for hydroxylation is 2. The van der Waals surface area contributed by atoms with E-state index in [0.29, 0.717) is 16.9 Å². The first kappa shape index (κ1) is 13.9. The van der Waals surface area contributed by atoms with Crippen molar-refractivity contribution in [2.24, 2.45) is 0 Å². The zero-order valence-corrected chi connectivity index (χ0v) is 12.2. The van der Waals surface area contributed by atoms with Gasteiger partial charge in [0.2, 0.25) is 5.76 Å². The van der Waals surface area contributed by atoms with E-state index >= 15 is 0 Å². The number of furan rings is 1. The summed E-state index contributed by atoms with van der Waals surface area (Å²) in [6.45, 7) is 3.82. The van der Waals surface area contributed by atoms with E-state index in [1.54, 1.807) is 24.3 Å². The van der Waals surface area contributed by atoms with Crippen LogP contribution in [0.1, 0.15) is 27.2 Å². The summed E-state index contributed by atoms with van der Waals surface area (Å²) in [5, 5.41) is 9.66. The maximum Gasteiger partial charge on any atom is 0.379 e.